The van der Waals surface area contributed by atoms with Crippen molar-refractivity contribution in [2.45, 2.75) is 38.4 Å². The molecule has 0 saturated heterocycles. The zero-order chi connectivity index (χ0) is 28.7. The summed E-state index contributed by atoms with van der Waals surface area (Å²) in [6, 6.07) is 23.1. The van der Waals surface area contributed by atoms with Crippen LogP contribution in [0.3, 0.4) is 0 Å². The molecule has 40 heavy (non-hydrogen) atoms. The number of benzene rings is 3. The summed E-state index contributed by atoms with van der Waals surface area (Å²) < 4.78 is 33.4. The predicted molar refractivity (Wildman–Crippen MR) is 153 cm³/mol. The summed E-state index contributed by atoms with van der Waals surface area (Å²) in [6.07, 6.45) is 1.44. The molecule has 0 fully saturated rings. The Balaban J connectivity index is 1.60. The smallest absolute Gasteiger partial charge is 0.429 e. The van der Waals surface area contributed by atoms with Crippen LogP contribution in [0.4, 0.5) is 16.2 Å². The molecular weight excluding hydrogens is 528 g/mol. The van der Waals surface area contributed by atoms with Gasteiger partial charge in [0.2, 0.25) is 5.91 Å². The van der Waals surface area contributed by atoms with Crippen LogP contribution in [0.5, 0.6) is 0 Å². The van der Waals surface area contributed by atoms with Crippen molar-refractivity contribution in [3.05, 3.63) is 95.1 Å². The van der Waals surface area contributed by atoms with E-state index in [1.54, 1.807) is 72.5 Å². The number of hydrazine groups is 1. The first kappa shape index (κ1) is 28.6. The highest BCUT2D eigenvalue weighted by molar-refractivity contribution is 7.91. The van der Waals surface area contributed by atoms with Crippen LogP contribution in [0.2, 0.25) is 0 Å². The molecule has 0 aliphatic carbocycles. The van der Waals surface area contributed by atoms with Crippen LogP contribution >= 0.6 is 0 Å². The number of hydrogen-bond donors (Lipinski definition) is 0. The number of carbonyl (C=O) groups is 2. The lowest BCUT2D eigenvalue weighted by atomic mass is 10.00. The van der Waals surface area contributed by atoms with Gasteiger partial charge in [-0.25, -0.2) is 18.2 Å². The Hall–Kier alpha value is -4.36. The number of nitrogens with zero attached hydrogens (tertiary/aromatic N) is 4. The Labute approximate surface area is 235 Å². The number of anilines is 2. The highest BCUT2D eigenvalue weighted by Crippen LogP contribution is 2.33. The molecule has 0 unspecified atom stereocenters. The van der Waals surface area contributed by atoms with E-state index >= 15 is 0 Å². The summed E-state index contributed by atoms with van der Waals surface area (Å²) in [5.74, 6) is -0.343. The minimum Gasteiger partial charge on any atom is -0.448 e. The van der Waals surface area contributed by atoms with E-state index in [2.05, 4.69) is 6.07 Å². The molecule has 10 heteroatoms. The van der Waals surface area contributed by atoms with Gasteiger partial charge < -0.3 is 9.64 Å². The van der Waals surface area contributed by atoms with Gasteiger partial charge in [-0.3, -0.25) is 4.79 Å². The van der Waals surface area contributed by atoms with Crippen LogP contribution < -0.4 is 9.31 Å². The monoisotopic (exact) mass is 560 g/mol. The molecule has 0 bridgehead atoms. The number of sulfonamides is 1. The van der Waals surface area contributed by atoms with Gasteiger partial charge in [0, 0.05) is 25.7 Å². The molecule has 2 amide bonds. The summed E-state index contributed by atoms with van der Waals surface area (Å²) in [4.78, 5) is 27.6. The molecule has 0 N–H and O–H groups in total. The van der Waals surface area contributed by atoms with Crippen LogP contribution in [-0.2, 0) is 38.1 Å². The second kappa shape index (κ2) is 12.7. The van der Waals surface area contributed by atoms with Crippen LogP contribution in [0, 0.1) is 11.3 Å². The van der Waals surface area contributed by atoms with Gasteiger partial charge in [-0.15, -0.1) is 0 Å². The molecule has 9 nitrogen and oxygen atoms in total. The lowest BCUT2D eigenvalue weighted by molar-refractivity contribution is -0.118. The van der Waals surface area contributed by atoms with Crippen molar-refractivity contribution in [3.63, 3.8) is 0 Å². The van der Waals surface area contributed by atoms with Crippen molar-refractivity contribution in [2.75, 3.05) is 29.5 Å². The average Bonchev–Trinajstić information content (AvgIpc) is 2.96. The summed E-state index contributed by atoms with van der Waals surface area (Å²) in [6.45, 7) is 2.32. The van der Waals surface area contributed by atoms with Crippen molar-refractivity contribution < 1.29 is 22.7 Å². The van der Waals surface area contributed by atoms with Gasteiger partial charge in [0.1, 0.15) is 0 Å². The normalized spacial score (nSPS) is 12.7. The molecule has 1 aliphatic rings. The van der Waals surface area contributed by atoms with Crippen molar-refractivity contribution in [3.8, 4) is 6.07 Å². The van der Waals surface area contributed by atoms with Gasteiger partial charge in [0.25, 0.3) is 10.0 Å². The van der Waals surface area contributed by atoms with Crippen LogP contribution in [0.1, 0.15) is 42.0 Å². The number of hydrogen-bond acceptors (Lipinski definition) is 6. The number of nitriles is 1. The molecular formula is C30H32N4O5S. The number of carbonyl (C=O) groups excluding carboxylic acids is 2. The van der Waals surface area contributed by atoms with E-state index in [9.17, 15) is 18.0 Å². The first-order chi connectivity index (χ1) is 19.2. The molecule has 0 radical (unpaired) electrons. The fraction of sp³-hybridized carbons (Fsp3) is 0.300. The number of amides is 2. The van der Waals surface area contributed by atoms with E-state index in [-0.39, 0.29) is 24.0 Å². The maximum atomic E-state index is 13.6. The third-order valence-corrected chi connectivity index (χ3v) is 8.35. The Bertz CT molecular complexity index is 1500. The molecule has 1 aliphatic heterocycles. The average molecular weight is 561 g/mol. The number of rotatable bonds is 9. The maximum Gasteiger partial charge on any atom is 0.429 e. The molecule has 3 aromatic rings. The molecule has 208 valence electrons. The fourth-order valence-electron chi connectivity index (χ4n) is 4.75. The highest BCUT2D eigenvalue weighted by atomic mass is 32.2. The minimum atomic E-state index is -4.03. The largest absolute Gasteiger partial charge is 0.448 e. The van der Waals surface area contributed by atoms with Crippen molar-refractivity contribution in [1.29, 1.82) is 5.26 Å². The Morgan fingerprint density at radius 2 is 1.75 bits per heavy atom. The molecule has 1 heterocycles. The molecule has 0 aromatic heterocycles. The highest BCUT2D eigenvalue weighted by Gasteiger charge is 2.32. The zero-order valence-corrected chi connectivity index (χ0v) is 23.4. The van der Waals surface area contributed by atoms with Gasteiger partial charge in [-0.05, 0) is 73.2 Å². The molecule has 0 atom stereocenters. The molecule has 0 spiro atoms. The quantitative estimate of drug-likeness (QED) is 0.347. The lowest BCUT2D eigenvalue weighted by Gasteiger charge is -2.34. The van der Waals surface area contributed by atoms with Gasteiger partial charge in [0.15, 0.2) is 0 Å². The van der Waals surface area contributed by atoms with E-state index in [0.29, 0.717) is 36.9 Å². The van der Waals surface area contributed by atoms with E-state index < -0.39 is 16.1 Å². The number of ether oxygens (including phenoxy) is 1. The van der Waals surface area contributed by atoms with Gasteiger partial charge in [0.05, 0.1) is 29.7 Å². The third-order valence-electron chi connectivity index (χ3n) is 6.67. The first-order valence-electron chi connectivity index (χ1n) is 13.1. The molecule has 4 rings (SSSR count). The van der Waals surface area contributed by atoms with Crippen molar-refractivity contribution >= 4 is 33.4 Å². The maximum absolute atomic E-state index is 13.6. The van der Waals surface area contributed by atoms with Crippen LogP contribution in [-0.4, -0.2) is 45.6 Å². The standard InChI is InChI=1S/C30H32N4O5S/c1-3-39-30(36)32(2)34(40(37,38)22-25-8-5-4-6-9-25)27-16-17-28-26(20-27)10-7-19-33(28)29(35)18-15-23-11-13-24(21-31)14-12-23/h4-6,8-9,11-14,16-17,20H,3,7,10,15,18-19,22H2,1-2H3. The van der Waals surface area contributed by atoms with E-state index in [1.807, 2.05) is 12.1 Å². The minimum absolute atomic E-state index is 0.0322. The molecule has 0 saturated carbocycles. The fourth-order valence-corrected chi connectivity index (χ4v) is 6.36. The first-order valence-corrected chi connectivity index (χ1v) is 14.7. The third kappa shape index (κ3) is 6.61. The van der Waals surface area contributed by atoms with E-state index in [4.69, 9.17) is 10.00 Å². The Morgan fingerprint density at radius 1 is 1.02 bits per heavy atom. The number of fused-ring (bicyclic) bond motifs is 1. The Morgan fingerprint density at radius 3 is 2.42 bits per heavy atom. The SMILES string of the molecule is CCOC(=O)N(C)N(c1ccc2c(c1)CCCN2C(=O)CCc1ccc(C#N)cc1)S(=O)(=O)Cc1ccccc1. The summed E-state index contributed by atoms with van der Waals surface area (Å²) in [7, 11) is -2.67. The second-order valence-corrected chi connectivity index (χ2v) is 11.3. The van der Waals surface area contributed by atoms with Crippen molar-refractivity contribution in [1.82, 2.24) is 5.01 Å². The zero-order valence-electron chi connectivity index (χ0n) is 22.6. The van der Waals surface area contributed by atoms with Gasteiger partial charge in [-0.2, -0.15) is 9.68 Å². The van der Waals surface area contributed by atoms with Gasteiger partial charge >= 0.3 is 6.09 Å². The van der Waals surface area contributed by atoms with Crippen LogP contribution in [0.25, 0.3) is 0 Å². The predicted octanol–water partition coefficient (Wildman–Crippen LogP) is 4.81. The van der Waals surface area contributed by atoms with Crippen LogP contribution in [0.15, 0.2) is 72.8 Å². The topological polar surface area (TPSA) is 111 Å². The lowest BCUT2D eigenvalue weighted by Crippen LogP contribution is -2.48. The van der Waals surface area contributed by atoms with Crippen molar-refractivity contribution in [2.24, 2.45) is 0 Å². The Kier molecular flexibility index (Phi) is 9.07. The van der Waals surface area contributed by atoms with E-state index in [1.165, 1.54) is 7.05 Å². The van der Waals surface area contributed by atoms with Gasteiger partial charge in [-0.1, -0.05) is 42.5 Å². The summed E-state index contributed by atoms with van der Waals surface area (Å²) in [5.41, 5.74) is 3.98. The molecule has 3 aromatic carbocycles. The summed E-state index contributed by atoms with van der Waals surface area (Å²) >= 11 is 0. The number of aryl methyl sites for hydroxylation is 2. The van der Waals surface area contributed by atoms with E-state index in [0.717, 1.165) is 32.7 Å². The summed E-state index contributed by atoms with van der Waals surface area (Å²) in [5, 5.41) is 9.95. The second-order valence-electron chi connectivity index (χ2n) is 9.48.